The molecule has 0 aliphatic heterocycles. The summed E-state index contributed by atoms with van der Waals surface area (Å²) < 4.78 is 7.66. The van der Waals surface area contributed by atoms with E-state index in [1.54, 1.807) is 30.7 Å². The first kappa shape index (κ1) is 18.0. The zero-order valence-electron chi connectivity index (χ0n) is 13.5. The zero-order chi connectivity index (χ0) is 17.8. The maximum absolute atomic E-state index is 12.7. The molecule has 3 aromatic rings. The van der Waals surface area contributed by atoms with E-state index in [0.29, 0.717) is 27.0 Å². The van der Waals surface area contributed by atoms with Gasteiger partial charge in [-0.3, -0.25) is 0 Å². The topological polar surface area (TPSA) is 44.1 Å². The molecule has 130 valence electrons. The van der Waals surface area contributed by atoms with Crippen LogP contribution in [-0.4, -0.2) is 15.5 Å². The first-order chi connectivity index (χ1) is 12.1. The summed E-state index contributed by atoms with van der Waals surface area (Å²) in [6.45, 7) is 2.43. The van der Waals surface area contributed by atoms with Crippen molar-refractivity contribution in [3.8, 4) is 0 Å². The fourth-order valence-electron chi connectivity index (χ4n) is 2.52. The van der Waals surface area contributed by atoms with Gasteiger partial charge in [-0.2, -0.15) is 0 Å². The standard InChI is InChI=1S/C18H16Cl2N2O2S/c1-2-12-5-8-25-17(12)18(23)24-16(10-22-7-6-21-11-22)14-4-3-13(19)9-15(14)20/h3-9,11,16H,2,10H2,1H3. The van der Waals surface area contributed by atoms with Gasteiger partial charge in [0.2, 0.25) is 0 Å². The van der Waals surface area contributed by atoms with Crippen LogP contribution < -0.4 is 0 Å². The SMILES string of the molecule is CCc1ccsc1C(=O)OC(Cn1ccnc1)c1ccc(Cl)cc1Cl. The number of esters is 1. The average molecular weight is 395 g/mol. The third kappa shape index (κ3) is 4.24. The molecule has 0 bridgehead atoms. The van der Waals surface area contributed by atoms with Crippen molar-refractivity contribution in [1.82, 2.24) is 9.55 Å². The van der Waals surface area contributed by atoms with E-state index >= 15 is 0 Å². The largest absolute Gasteiger partial charge is 0.451 e. The van der Waals surface area contributed by atoms with E-state index in [0.717, 1.165) is 12.0 Å². The number of carbonyl (C=O) groups excluding carboxylic acids is 1. The van der Waals surface area contributed by atoms with Crippen molar-refractivity contribution in [3.05, 3.63) is 74.4 Å². The number of benzene rings is 1. The predicted molar refractivity (Wildman–Crippen MR) is 101 cm³/mol. The molecule has 4 nitrogen and oxygen atoms in total. The highest BCUT2D eigenvalue weighted by atomic mass is 35.5. The molecule has 3 rings (SSSR count). The molecule has 1 atom stereocenters. The quantitative estimate of drug-likeness (QED) is 0.524. The molecule has 7 heteroatoms. The van der Waals surface area contributed by atoms with E-state index in [9.17, 15) is 4.79 Å². The number of thiophene rings is 1. The summed E-state index contributed by atoms with van der Waals surface area (Å²) in [6.07, 6.45) is 5.40. The fourth-order valence-corrected chi connectivity index (χ4v) is 3.93. The number of hydrogen-bond acceptors (Lipinski definition) is 4. The van der Waals surface area contributed by atoms with Crippen LogP contribution in [0.15, 0.2) is 48.4 Å². The van der Waals surface area contributed by atoms with Crippen LogP contribution in [0, 0.1) is 0 Å². The highest BCUT2D eigenvalue weighted by Crippen LogP contribution is 2.31. The van der Waals surface area contributed by atoms with Crippen molar-refractivity contribution in [1.29, 1.82) is 0 Å². The molecule has 0 radical (unpaired) electrons. The van der Waals surface area contributed by atoms with Crippen molar-refractivity contribution >= 4 is 40.5 Å². The van der Waals surface area contributed by atoms with Gasteiger partial charge in [0.05, 0.1) is 12.9 Å². The van der Waals surface area contributed by atoms with Crippen molar-refractivity contribution in [2.45, 2.75) is 26.0 Å². The van der Waals surface area contributed by atoms with Gasteiger partial charge in [-0.1, -0.05) is 36.2 Å². The van der Waals surface area contributed by atoms with Gasteiger partial charge in [0, 0.05) is 28.0 Å². The highest BCUT2D eigenvalue weighted by molar-refractivity contribution is 7.12. The van der Waals surface area contributed by atoms with Crippen LogP contribution in [0.1, 0.15) is 33.8 Å². The van der Waals surface area contributed by atoms with Crippen molar-refractivity contribution in [2.75, 3.05) is 0 Å². The van der Waals surface area contributed by atoms with Crippen LogP contribution >= 0.6 is 34.5 Å². The van der Waals surface area contributed by atoms with E-state index in [2.05, 4.69) is 4.98 Å². The lowest BCUT2D eigenvalue weighted by atomic mass is 10.1. The number of imidazole rings is 1. The first-order valence-electron chi connectivity index (χ1n) is 7.76. The number of nitrogens with zero attached hydrogens (tertiary/aromatic N) is 2. The number of hydrogen-bond donors (Lipinski definition) is 0. The molecule has 2 aromatic heterocycles. The smallest absolute Gasteiger partial charge is 0.349 e. The second-order valence-corrected chi connectivity index (χ2v) is 7.21. The van der Waals surface area contributed by atoms with Crippen LogP contribution in [0.25, 0.3) is 0 Å². The molecule has 0 aliphatic rings. The molecule has 0 N–H and O–H groups in total. The Morgan fingerprint density at radius 3 is 2.88 bits per heavy atom. The van der Waals surface area contributed by atoms with Crippen LogP contribution in [0.2, 0.25) is 10.0 Å². The van der Waals surface area contributed by atoms with Crippen molar-refractivity contribution in [2.24, 2.45) is 0 Å². The van der Waals surface area contributed by atoms with E-state index in [-0.39, 0.29) is 5.97 Å². The molecule has 0 spiro atoms. The van der Waals surface area contributed by atoms with E-state index in [1.807, 2.05) is 29.1 Å². The normalized spacial score (nSPS) is 12.1. The van der Waals surface area contributed by atoms with Crippen LogP contribution in [0.3, 0.4) is 0 Å². The van der Waals surface area contributed by atoms with E-state index in [4.69, 9.17) is 27.9 Å². The third-order valence-electron chi connectivity index (χ3n) is 3.81. The monoisotopic (exact) mass is 394 g/mol. The van der Waals surface area contributed by atoms with Gasteiger partial charge in [0.25, 0.3) is 0 Å². The minimum Gasteiger partial charge on any atom is -0.451 e. The number of rotatable bonds is 6. The van der Waals surface area contributed by atoms with Gasteiger partial charge >= 0.3 is 5.97 Å². The molecule has 0 amide bonds. The lowest BCUT2D eigenvalue weighted by molar-refractivity contribution is 0.0260. The summed E-state index contributed by atoms with van der Waals surface area (Å²) in [6, 6.07) is 7.12. The third-order valence-corrected chi connectivity index (χ3v) is 5.31. The Bertz CT molecular complexity index is 862. The first-order valence-corrected chi connectivity index (χ1v) is 9.40. The summed E-state index contributed by atoms with van der Waals surface area (Å²) in [5.41, 5.74) is 1.70. The van der Waals surface area contributed by atoms with E-state index < -0.39 is 6.10 Å². The lowest BCUT2D eigenvalue weighted by Gasteiger charge is -2.20. The van der Waals surface area contributed by atoms with E-state index in [1.165, 1.54) is 11.3 Å². The molecular weight excluding hydrogens is 379 g/mol. The molecule has 25 heavy (non-hydrogen) atoms. The van der Waals surface area contributed by atoms with Crippen LogP contribution in [0.4, 0.5) is 0 Å². The zero-order valence-corrected chi connectivity index (χ0v) is 15.8. The van der Waals surface area contributed by atoms with Gasteiger partial charge in [-0.05, 0) is 35.6 Å². The second kappa shape index (κ2) is 8.04. The summed E-state index contributed by atoms with van der Waals surface area (Å²) in [4.78, 5) is 17.3. The molecule has 1 unspecified atom stereocenters. The Hall–Kier alpha value is -1.82. The number of carbonyl (C=O) groups is 1. The van der Waals surface area contributed by atoms with Gasteiger partial charge < -0.3 is 9.30 Å². The Morgan fingerprint density at radius 2 is 2.20 bits per heavy atom. The fraction of sp³-hybridized carbons (Fsp3) is 0.222. The van der Waals surface area contributed by atoms with Crippen molar-refractivity contribution < 1.29 is 9.53 Å². The predicted octanol–water partition coefficient (Wildman–Crippen LogP) is 5.41. The number of aromatic nitrogens is 2. The Labute approximate surface area is 160 Å². The molecular formula is C18H16Cl2N2O2S. The highest BCUT2D eigenvalue weighted by Gasteiger charge is 2.23. The van der Waals surface area contributed by atoms with Crippen LogP contribution in [0.5, 0.6) is 0 Å². The maximum atomic E-state index is 12.7. The minimum atomic E-state index is -0.543. The summed E-state index contributed by atoms with van der Waals surface area (Å²) in [5, 5.41) is 2.90. The van der Waals surface area contributed by atoms with Gasteiger partial charge in [-0.15, -0.1) is 11.3 Å². The molecule has 0 aliphatic carbocycles. The van der Waals surface area contributed by atoms with Crippen molar-refractivity contribution in [3.63, 3.8) is 0 Å². The molecule has 0 saturated heterocycles. The Kier molecular flexibility index (Phi) is 5.78. The summed E-state index contributed by atoms with van der Waals surface area (Å²) >= 11 is 13.7. The number of halogens is 2. The number of ether oxygens (including phenoxy) is 1. The van der Waals surface area contributed by atoms with Crippen LogP contribution in [-0.2, 0) is 17.7 Å². The molecule has 0 fully saturated rings. The average Bonchev–Trinajstić information content (AvgIpc) is 3.25. The summed E-state index contributed by atoms with van der Waals surface area (Å²) in [7, 11) is 0. The number of aryl methyl sites for hydroxylation is 1. The molecule has 2 heterocycles. The van der Waals surface area contributed by atoms with Gasteiger partial charge in [-0.25, -0.2) is 9.78 Å². The Morgan fingerprint density at radius 1 is 1.36 bits per heavy atom. The van der Waals surface area contributed by atoms with Gasteiger partial charge in [0.15, 0.2) is 0 Å². The molecule has 1 aromatic carbocycles. The lowest BCUT2D eigenvalue weighted by Crippen LogP contribution is -2.17. The second-order valence-electron chi connectivity index (χ2n) is 5.45. The molecule has 0 saturated carbocycles. The summed E-state index contributed by atoms with van der Waals surface area (Å²) in [5.74, 6) is -0.344. The maximum Gasteiger partial charge on any atom is 0.349 e. The minimum absolute atomic E-state index is 0.344. The van der Waals surface area contributed by atoms with Gasteiger partial charge in [0.1, 0.15) is 11.0 Å². The Balaban J connectivity index is 1.89.